The van der Waals surface area contributed by atoms with Crippen molar-refractivity contribution in [2.24, 2.45) is 0 Å². The predicted molar refractivity (Wildman–Crippen MR) is 84.5 cm³/mol. The number of hydrogen-bond acceptors (Lipinski definition) is 3. The highest BCUT2D eigenvalue weighted by Gasteiger charge is 2.09. The molecule has 2 nitrogen and oxygen atoms in total. The lowest BCUT2D eigenvalue weighted by Crippen LogP contribution is -2.04. The molecule has 0 radical (unpaired) electrons. The Kier molecular flexibility index (Phi) is 5.50. The van der Waals surface area contributed by atoms with Gasteiger partial charge in [0.15, 0.2) is 0 Å². The molecule has 0 bridgehead atoms. The van der Waals surface area contributed by atoms with Crippen molar-refractivity contribution in [3.63, 3.8) is 0 Å². The SMILES string of the molecule is Cc1ccc(C(C)O)c(OCCSc2ccccc2)c1. The summed E-state index contributed by atoms with van der Waals surface area (Å²) in [6.45, 7) is 4.41. The standard InChI is InChI=1S/C17H20O2S/c1-13-8-9-16(14(2)18)17(12-13)19-10-11-20-15-6-4-3-5-7-15/h3-9,12,14,18H,10-11H2,1-2H3. The summed E-state index contributed by atoms with van der Waals surface area (Å²) in [5.41, 5.74) is 1.99. The molecule has 1 unspecified atom stereocenters. The first-order chi connectivity index (χ1) is 9.66. The minimum atomic E-state index is -0.507. The molecular formula is C17H20O2S. The summed E-state index contributed by atoms with van der Waals surface area (Å²) in [6, 6.07) is 16.2. The smallest absolute Gasteiger partial charge is 0.125 e. The van der Waals surface area contributed by atoms with Crippen molar-refractivity contribution in [2.45, 2.75) is 24.8 Å². The van der Waals surface area contributed by atoms with Crippen LogP contribution in [0.5, 0.6) is 5.75 Å². The minimum absolute atomic E-state index is 0.507. The highest BCUT2D eigenvalue weighted by atomic mass is 32.2. The van der Waals surface area contributed by atoms with E-state index >= 15 is 0 Å². The van der Waals surface area contributed by atoms with Crippen LogP contribution in [0.2, 0.25) is 0 Å². The fourth-order valence-corrected chi connectivity index (χ4v) is 2.69. The lowest BCUT2D eigenvalue weighted by molar-refractivity contribution is 0.192. The Balaban J connectivity index is 1.89. The normalized spacial score (nSPS) is 12.2. The van der Waals surface area contributed by atoms with Gasteiger partial charge in [0, 0.05) is 16.2 Å². The third kappa shape index (κ3) is 4.29. The molecule has 0 amide bonds. The van der Waals surface area contributed by atoms with Crippen LogP contribution < -0.4 is 4.74 Å². The first-order valence-corrected chi connectivity index (χ1v) is 7.74. The summed E-state index contributed by atoms with van der Waals surface area (Å²) < 4.78 is 5.82. The summed E-state index contributed by atoms with van der Waals surface area (Å²) in [5.74, 6) is 1.67. The second-order valence-corrected chi connectivity index (χ2v) is 5.90. The van der Waals surface area contributed by atoms with Crippen LogP contribution in [0, 0.1) is 6.92 Å². The van der Waals surface area contributed by atoms with Crippen molar-refractivity contribution in [1.29, 1.82) is 0 Å². The van der Waals surface area contributed by atoms with Crippen LogP contribution in [-0.4, -0.2) is 17.5 Å². The molecule has 1 atom stereocenters. The lowest BCUT2D eigenvalue weighted by atomic mass is 10.1. The van der Waals surface area contributed by atoms with Gasteiger partial charge in [0.2, 0.25) is 0 Å². The van der Waals surface area contributed by atoms with Crippen LogP contribution >= 0.6 is 11.8 Å². The van der Waals surface area contributed by atoms with Crippen LogP contribution in [0.15, 0.2) is 53.4 Å². The summed E-state index contributed by atoms with van der Waals surface area (Å²) in [7, 11) is 0. The summed E-state index contributed by atoms with van der Waals surface area (Å²) in [4.78, 5) is 1.25. The zero-order valence-corrected chi connectivity index (χ0v) is 12.7. The Morgan fingerprint density at radius 2 is 1.90 bits per heavy atom. The predicted octanol–water partition coefficient (Wildman–Crippen LogP) is 4.22. The zero-order valence-electron chi connectivity index (χ0n) is 11.9. The molecule has 2 aromatic carbocycles. The zero-order chi connectivity index (χ0) is 14.4. The number of aliphatic hydroxyl groups is 1. The fourth-order valence-electron chi connectivity index (χ4n) is 1.94. The van der Waals surface area contributed by atoms with Gasteiger partial charge in [0.25, 0.3) is 0 Å². The van der Waals surface area contributed by atoms with Crippen molar-refractivity contribution < 1.29 is 9.84 Å². The number of aliphatic hydroxyl groups excluding tert-OH is 1. The second kappa shape index (κ2) is 7.36. The molecule has 3 heteroatoms. The fraction of sp³-hybridized carbons (Fsp3) is 0.294. The number of aryl methyl sites for hydroxylation is 1. The van der Waals surface area contributed by atoms with Crippen molar-refractivity contribution in [1.82, 2.24) is 0 Å². The van der Waals surface area contributed by atoms with Crippen molar-refractivity contribution in [3.05, 3.63) is 59.7 Å². The van der Waals surface area contributed by atoms with Gasteiger partial charge in [-0.05, 0) is 37.6 Å². The first kappa shape index (κ1) is 14.9. The van der Waals surface area contributed by atoms with Crippen LogP contribution in [0.25, 0.3) is 0 Å². The van der Waals surface area contributed by atoms with E-state index in [1.54, 1.807) is 18.7 Å². The Hall–Kier alpha value is -1.45. The molecule has 0 aromatic heterocycles. The van der Waals surface area contributed by atoms with Crippen LogP contribution in [0.3, 0.4) is 0 Å². The molecule has 2 rings (SSSR count). The van der Waals surface area contributed by atoms with Crippen LogP contribution in [0.1, 0.15) is 24.2 Å². The molecule has 0 aliphatic carbocycles. The number of benzene rings is 2. The van der Waals surface area contributed by atoms with Gasteiger partial charge in [-0.1, -0.05) is 30.3 Å². The summed E-state index contributed by atoms with van der Waals surface area (Å²) in [6.07, 6.45) is -0.507. The molecule has 1 N–H and O–H groups in total. The van der Waals surface area contributed by atoms with Gasteiger partial charge in [-0.3, -0.25) is 0 Å². The van der Waals surface area contributed by atoms with Gasteiger partial charge in [-0.2, -0.15) is 0 Å². The molecule has 2 aromatic rings. The molecule has 20 heavy (non-hydrogen) atoms. The van der Waals surface area contributed by atoms with E-state index in [0.29, 0.717) is 6.61 Å². The molecule has 0 aliphatic rings. The Morgan fingerprint density at radius 3 is 2.60 bits per heavy atom. The summed E-state index contributed by atoms with van der Waals surface area (Å²) >= 11 is 1.77. The molecule has 106 valence electrons. The quantitative estimate of drug-likeness (QED) is 0.637. The maximum absolute atomic E-state index is 9.74. The van der Waals surface area contributed by atoms with Crippen molar-refractivity contribution >= 4 is 11.8 Å². The monoisotopic (exact) mass is 288 g/mol. The van der Waals surface area contributed by atoms with E-state index in [2.05, 4.69) is 12.1 Å². The van der Waals surface area contributed by atoms with E-state index in [1.165, 1.54) is 4.90 Å². The van der Waals surface area contributed by atoms with E-state index in [-0.39, 0.29) is 0 Å². The number of hydrogen-bond donors (Lipinski definition) is 1. The van der Waals surface area contributed by atoms with E-state index < -0.39 is 6.10 Å². The molecule has 0 aliphatic heterocycles. The van der Waals surface area contributed by atoms with Gasteiger partial charge in [-0.15, -0.1) is 11.8 Å². The third-order valence-electron chi connectivity index (χ3n) is 2.97. The molecule has 0 fully saturated rings. The Bertz CT molecular complexity index is 538. The average molecular weight is 288 g/mol. The molecular weight excluding hydrogens is 268 g/mol. The van der Waals surface area contributed by atoms with Gasteiger partial charge < -0.3 is 9.84 Å². The Labute approximate surface area is 124 Å². The lowest BCUT2D eigenvalue weighted by Gasteiger charge is -2.14. The van der Waals surface area contributed by atoms with Crippen molar-refractivity contribution in [2.75, 3.05) is 12.4 Å². The van der Waals surface area contributed by atoms with Crippen LogP contribution in [-0.2, 0) is 0 Å². The summed E-state index contributed by atoms with van der Waals surface area (Å²) in [5, 5.41) is 9.74. The van der Waals surface area contributed by atoms with Gasteiger partial charge >= 0.3 is 0 Å². The highest BCUT2D eigenvalue weighted by Crippen LogP contribution is 2.26. The molecule has 0 saturated heterocycles. The highest BCUT2D eigenvalue weighted by molar-refractivity contribution is 7.99. The maximum atomic E-state index is 9.74. The van der Waals surface area contributed by atoms with Crippen LogP contribution in [0.4, 0.5) is 0 Å². The largest absolute Gasteiger partial charge is 0.492 e. The van der Waals surface area contributed by atoms with Crippen molar-refractivity contribution in [3.8, 4) is 5.75 Å². The molecule has 0 spiro atoms. The van der Waals surface area contributed by atoms with Gasteiger partial charge in [-0.25, -0.2) is 0 Å². The number of thioether (sulfide) groups is 1. The van der Waals surface area contributed by atoms with E-state index in [0.717, 1.165) is 22.6 Å². The van der Waals surface area contributed by atoms with Gasteiger partial charge in [0.1, 0.15) is 5.75 Å². The Morgan fingerprint density at radius 1 is 1.15 bits per heavy atom. The molecule has 0 heterocycles. The number of rotatable bonds is 6. The maximum Gasteiger partial charge on any atom is 0.125 e. The second-order valence-electron chi connectivity index (χ2n) is 4.73. The van der Waals surface area contributed by atoms with E-state index in [4.69, 9.17) is 4.74 Å². The third-order valence-corrected chi connectivity index (χ3v) is 3.95. The van der Waals surface area contributed by atoms with Gasteiger partial charge in [0.05, 0.1) is 12.7 Å². The molecule has 0 saturated carbocycles. The minimum Gasteiger partial charge on any atom is -0.492 e. The number of ether oxygens (including phenoxy) is 1. The average Bonchev–Trinajstić information content (AvgIpc) is 2.44. The van der Waals surface area contributed by atoms with E-state index in [1.807, 2.05) is 43.3 Å². The first-order valence-electron chi connectivity index (χ1n) is 6.76. The van der Waals surface area contributed by atoms with E-state index in [9.17, 15) is 5.11 Å². The topological polar surface area (TPSA) is 29.5 Å².